The number of hydrogen-bond donors (Lipinski definition) is 2. The fourth-order valence-corrected chi connectivity index (χ4v) is 3.10. The highest BCUT2D eigenvalue weighted by atomic mass is 16.3. The van der Waals surface area contributed by atoms with E-state index in [1.807, 2.05) is 62.4 Å². The van der Waals surface area contributed by atoms with Gasteiger partial charge < -0.3 is 15.0 Å². The number of hydrogen-bond acceptors (Lipinski definition) is 6. The van der Waals surface area contributed by atoms with Crippen molar-refractivity contribution in [3.05, 3.63) is 60.2 Å². The predicted molar refractivity (Wildman–Crippen MR) is 110 cm³/mol. The molecule has 0 fully saturated rings. The van der Waals surface area contributed by atoms with Crippen LogP contribution in [0, 0.1) is 13.8 Å². The second-order valence-corrected chi connectivity index (χ2v) is 6.39. The summed E-state index contributed by atoms with van der Waals surface area (Å²) in [5.41, 5.74) is 3.49. The molecule has 0 saturated carbocycles. The first-order chi connectivity index (χ1) is 14.5. The second kappa shape index (κ2) is 9.41. The number of tetrazole rings is 1. The average Bonchev–Trinajstić information content (AvgIpc) is 3.29. The number of fused-ring (bicyclic) bond motifs is 1. The molecule has 30 heavy (non-hydrogen) atoms. The maximum Gasteiger partial charge on any atom is 0.290 e. The minimum Gasteiger partial charge on any atom is -0.483 e. The van der Waals surface area contributed by atoms with Gasteiger partial charge in [0.1, 0.15) is 5.82 Å². The smallest absolute Gasteiger partial charge is 0.290 e. The molecule has 2 heterocycles. The number of aromatic nitrogens is 6. The average molecular weight is 407 g/mol. The summed E-state index contributed by atoms with van der Waals surface area (Å²) in [6.45, 7) is 4.10. The van der Waals surface area contributed by atoms with Crippen LogP contribution in [0.5, 0.6) is 0 Å². The first kappa shape index (κ1) is 20.6. The summed E-state index contributed by atoms with van der Waals surface area (Å²) in [6.07, 6.45) is 0.356. The van der Waals surface area contributed by atoms with Crippen molar-refractivity contribution in [3.8, 4) is 5.69 Å². The van der Waals surface area contributed by atoms with E-state index >= 15 is 0 Å². The van der Waals surface area contributed by atoms with Gasteiger partial charge in [-0.15, -0.1) is 5.10 Å². The number of amides is 1. The lowest BCUT2D eigenvalue weighted by atomic mass is 10.2. The molecule has 0 saturated heterocycles. The Hall–Kier alpha value is -4.08. The van der Waals surface area contributed by atoms with Crippen LogP contribution in [-0.4, -0.2) is 47.2 Å². The maximum absolute atomic E-state index is 12.4. The Kier molecular flexibility index (Phi) is 6.48. The monoisotopic (exact) mass is 407 g/mol. The molecule has 4 aromatic rings. The molecule has 0 aliphatic carbocycles. The number of imidazole rings is 1. The lowest BCUT2D eigenvalue weighted by Crippen LogP contribution is -2.15. The van der Waals surface area contributed by atoms with E-state index in [-0.39, 0.29) is 12.4 Å². The number of carbonyl (C=O) groups is 2. The number of nitrogens with one attached hydrogen (secondary N) is 1. The Morgan fingerprint density at radius 1 is 1.13 bits per heavy atom. The third kappa shape index (κ3) is 4.66. The van der Waals surface area contributed by atoms with E-state index in [1.54, 1.807) is 4.68 Å². The van der Waals surface area contributed by atoms with Gasteiger partial charge in [-0.1, -0.05) is 18.2 Å². The van der Waals surface area contributed by atoms with Gasteiger partial charge in [-0.3, -0.25) is 9.59 Å². The molecule has 0 unspecified atom stereocenters. The Bertz CT molecular complexity index is 1170. The molecule has 2 N–H and O–H groups in total. The van der Waals surface area contributed by atoms with Gasteiger partial charge in [0.05, 0.1) is 16.7 Å². The third-order valence-corrected chi connectivity index (χ3v) is 4.41. The van der Waals surface area contributed by atoms with Crippen molar-refractivity contribution in [3.63, 3.8) is 0 Å². The molecule has 10 nitrogen and oxygen atoms in total. The molecule has 0 bridgehead atoms. The molecule has 0 atom stereocenters. The van der Waals surface area contributed by atoms with E-state index in [4.69, 9.17) is 9.90 Å². The van der Waals surface area contributed by atoms with Crippen molar-refractivity contribution < 1.29 is 14.7 Å². The van der Waals surface area contributed by atoms with Crippen molar-refractivity contribution >= 4 is 29.1 Å². The summed E-state index contributed by atoms with van der Waals surface area (Å²) in [4.78, 5) is 25.3. The Morgan fingerprint density at radius 3 is 2.63 bits per heavy atom. The molecule has 10 heteroatoms. The Labute approximate surface area is 172 Å². The van der Waals surface area contributed by atoms with Gasteiger partial charge in [-0.25, -0.2) is 4.98 Å². The van der Waals surface area contributed by atoms with Crippen LogP contribution in [0.1, 0.15) is 18.1 Å². The number of carboxylic acid groups (broad SMARTS) is 1. The summed E-state index contributed by atoms with van der Waals surface area (Å²) in [6, 6.07) is 15.4. The Morgan fingerprint density at radius 2 is 1.90 bits per heavy atom. The van der Waals surface area contributed by atoms with Crippen molar-refractivity contribution in [2.45, 2.75) is 26.8 Å². The second-order valence-electron chi connectivity index (χ2n) is 6.39. The molecule has 0 aliphatic heterocycles. The highest BCUT2D eigenvalue weighted by Crippen LogP contribution is 2.17. The van der Waals surface area contributed by atoms with E-state index in [0.29, 0.717) is 24.5 Å². The van der Waals surface area contributed by atoms with E-state index in [1.165, 1.54) is 0 Å². The quantitative estimate of drug-likeness (QED) is 0.486. The number of carbonyl (C=O) groups excluding carboxylic acids is 1. The van der Waals surface area contributed by atoms with Crippen molar-refractivity contribution in [2.24, 2.45) is 0 Å². The fraction of sp³-hybridized carbons (Fsp3) is 0.200. The number of anilines is 1. The van der Waals surface area contributed by atoms with Crippen LogP contribution in [-0.2, 0) is 16.1 Å². The minimum atomic E-state index is -0.250. The number of para-hydroxylation sites is 2. The molecule has 0 aliphatic rings. The van der Waals surface area contributed by atoms with Crippen molar-refractivity contribution in [2.75, 3.05) is 5.32 Å². The standard InChI is InChI=1S/C19H19N7O.CH2O2/c1-13-20-17-8-3-4-9-18(17)25(13)11-10-19(27)21-15-6-5-7-16(12-15)26-14(2)22-23-24-26;2-1-3/h3-9,12H,10-11H2,1-2H3,(H,21,27);1H,(H,2,3). The van der Waals surface area contributed by atoms with Crippen LogP contribution in [0.15, 0.2) is 48.5 Å². The SMILES string of the molecule is Cc1nnnn1-c1cccc(NC(=O)CCn2c(C)nc3ccccc32)c1.O=CO. The minimum absolute atomic E-state index is 0.0576. The highest BCUT2D eigenvalue weighted by molar-refractivity contribution is 5.91. The summed E-state index contributed by atoms with van der Waals surface area (Å²) >= 11 is 0. The van der Waals surface area contributed by atoms with Crippen LogP contribution in [0.4, 0.5) is 5.69 Å². The van der Waals surface area contributed by atoms with Crippen LogP contribution in [0.25, 0.3) is 16.7 Å². The van der Waals surface area contributed by atoms with Gasteiger partial charge in [0.25, 0.3) is 6.47 Å². The number of rotatable bonds is 5. The van der Waals surface area contributed by atoms with E-state index in [2.05, 4.69) is 30.4 Å². The topological polar surface area (TPSA) is 128 Å². The third-order valence-electron chi connectivity index (χ3n) is 4.41. The zero-order valence-electron chi connectivity index (χ0n) is 16.6. The summed E-state index contributed by atoms with van der Waals surface area (Å²) in [5.74, 6) is 1.53. The van der Waals surface area contributed by atoms with Gasteiger partial charge in [-0.05, 0) is 54.6 Å². The molecule has 154 valence electrons. The zero-order chi connectivity index (χ0) is 21.5. The number of benzene rings is 2. The van der Waals surface area contributed by atoms with E-state index < -0.39 is 0 Å². The first-order valence-electron chi connectivity index (χ1n) is 9.18. The largest absolute Gasteiger partial charge is 0.483 e. The molecular formula is C20H21N7O3. The highest BCUT2D eigenvalue weighted by Gasteiger charge is 2.10. The normalized spacial score (nSPS) is 10.3. The fourth-order valence-electron chi connectivity index (χ4n) is 3.10. The molecular weight excluding hydrogens is 386 g/mol. The van der Waals surface area contributed by atoms with E-state index in [0.717, 1.165) is 22.5 Å². The van der Waals surface area contributed by atoms with Gasteiger partial charge in [-0.2, -0.15) is 4.68 Å². The summed E-state index contributed by atoms with van der Waals surface area (Å²) in [5, 5.41) is 21.3. The lowest BCUT2D eigenvalue weighted by Gasteiger charge is -2.09. The van der Waals surface area contributed by atoms with Crippen LogP contribution in [0.3, 0.4) is 0 Å². The molecule has 2 aromatic carbocycles. The molecule has 4 rings (SSSR count). The predicted octanol–water partition coefficient (Wildman–Crippen LogP) is 2.36. The van der Waals surface area contributed by atoms with Crippen molar-refractivity contribution in [1.82, 2.24) is 29.8 Å². The molecule has 2 aromatic heterocycles. The van der Waals surface area contributed by atoms with Gasteiger partial charge >= 0.3 is 0 Å². The number of aryl methyl sites for hydroxylation is 3. The summed E-state index contributed by atoms with van der Waals surface area (Å²) in [7, 11) is 0. The Balaban J connectivity index is 0.000000806. The molecule has 0 spiro atoms. The van der Waals surface area contributed by atoms with Crippen molar-refractivity contribution in [1.29, 1.82) is 0 Å². The number of nitrogens with zero attached hydrogens (tertiary/aromatic N) is 6. The van der Waals surface area contributed by atoms with Crippen LogP contribution in [0.2, 0.25) is 0 Å². The van der Waals surface area contributed by atoms with Gasteiger partial charge in [0, 0.05) is 18.7 Å². The van der Waals surface area contributed by atoms with Crippen LogP contribution < -0.4 is 5.32 Å². The lowest BCUT2D eigenvalue weighted by molar-refractivity contribution is -0.123. The van der Waals surface area contributed by atoms with E-state index in [9.17, 15) is 4.79 Å². The zero-order valence-corrected chi connectivity index (χ0v) is 16.6. The molecule has 1 amide bonds. The van der Waals surface area contributed by atoms with Crippen LogP contribution >= 0.6 is 0 Å². The summed E-state index contributed by atoms with van der Waals surface area (Å²) < 4.78 is 3.69. The first-order valence-corrected chi connectivity index (χ1v) is 9.18. The molecule has 0 radical (unpaired) electrons. The van der Waals surface area contributed by atoms with Gasteiger partial charge in [0.2, 0.25) is 5.91 Å². The van der Waals surface area contributed by atoms with Gasteiger partial charge in [0.15, 0.2) is 5.82 Å². The maximum atomic E-state index is 12.4.